The Hall–Kier alpha value is -2.43. The maximum absolute atomic E-state index is 13.4. The third-order valence-corrected chi connectivity index (χ3v) is 2.44. The second-order valence-corrected chi connectivity index (χ2v) is 3.73. The summed E-state index contributed by atoms with van der Waals surface area (Å²) in [5, 5.41) is 2.61. The van der Waals surface area contributed by atoms with Crippen LogP contribution in [-0.2, 0) is 0 Å². The number of aromatic nitrogens is 1. The molecule has 4 nitrogen and oxygen atoms in total. The van der Waals surface area contributed by atoms with E-state index in [2.05, 4.69) is 10.3 Å². The Morgan fingerprint density at radius 3 is 2.84 bits per heavy atom. The van der Waals surface area contributed by atoms with Crippen molar-refractivity contribution in [2.75, 3.05) is 11.9 Å². The zero-order chi connectivity index (χ0) is 13.7. The summed E-state index contributed by atoms with van der Waals surface area (Å²) < 4.78 is 18.8. The molecule has 0 saturated carbocycles. The summed E-state index contributed by atoms with van der Waals surface area (Å²) in [6.07, 6.45) is 1.29. The fourth-order valence-electron chi connectivity index (χ4n) is 1.60. The number of nitrogens with one attached hydrogen (secondary N) is 1. The van der Waals surface area contributed by atoms with Crippen LogP contribution in [-0.4, -0.2) is 17.5 Å². The van der Waals surface area contributed by atoms with E-state index in [1.807, 2.05) is 6.92 Å². The number of rotatable bonds is 4. The lowest BCUT2D eigenvalue weighted by atomic mass is 10.2. The molecule has 0 radical (unpaired) electrons. The average Bonchev–Trinajstić information content (AvgIpc) is 2.41. The topological polar surface area (TPSA) is 51.2 Å². The van der Waals surface area contributed by atoms with Crippen LogP contribution in [0.4, 0.5) is 10.1 Å². The van der Waals surface area contributed by atoms with E-state index in [-0.39, 0.29) is 5.56 Å². The van der Waals surface area contributed by atoms with Crippen molar-refractivity contribution in [3.63, 3.8) is 0 Å². The lowest BCUT2D eigenvalue weighted by molar-refractivity contribution is 0.102. The van der Waals surface area contributed by atoms with Gasteiger partial charge < -0.3 is 10.1 Å². The predicted molar refractivity (Wildman–Crippen MR) is 69.8 cm³/mol. The molecular weight excluding hydrogens is 247 g/mol. The van der Waals surface area contributed by atoms with Gasteiger partial charge in [0.05, 0.1) is 17.9 Å². The van der Waals surface area contributed by atoms with Crippen LogP contribution in [0.2, 0.25) is 0 Å². The van der Waals surface area contributed by atoms with Gasteiger partial charge in [0.2, 0.25) is 5.95 Å². The first-order valence-electron chi connectivity index (χ1n) is 5.86. The minimum atomic E-state index is -0.797. The van der Waals surface area contributed by atoms with E-state index in [0.29, 0.717) is 18.0 Å². The molecule has 19 heavy (non-hydrogen) atoms. The van der Waals surface area contributed by atoms with Crippen LogP contribution < -0.4 is 10.1 Å². The molecule has 1 amide bonds. The first-order chi connectivity index (χ1) is 9.22. The van der Waals surface area contributed by atoms with Crippen LogP contribution in [0.25, 0.3) is 0 Å². The van der Waals surface area contributed by atoms with Crippen molar-refractivity contribution in [2.45, 2.75) is 6.92 Å². The molecule has 1 aromatic carbocycles. The Balaban J connectivity index is 2.22. The predicted octanol–water partition coefficient (Wildman–Crippen LogP) is 2.87. The minimum Gasteiger partial charge on any atom is -0.492 e. The van der Waals surface area contributed by atoms with Gasteiger partial charge in [-0.2, -0.15) is 4.39 Å². The van der Waals surface area contributed by atoms with Crippen molar-refractivity contribution in [3.8, 4) is 5.75 Å². The van der Waals surface area contributed by atoms with Gasteiger partial charge in [-0.15, -0.1) is 0 Å². The molecule has 0 atom stereocenters. The molecule has 0 unspecified atom stereocenters. The van der Waals surface area contributed by atoms with Crippen molar-refractivity contribution in [3.05, 3.63) is 54.1 Å². The summed E-state index contributed by atoms with van der Waals surface area (Å²) in [5.41, 5.74) is 0.395. The second-order valence-electron chi connectivity index (χ2n) is 3.73. The number of para-hydroxylation sites is 2. The zero-order valence-electron chi connectivity index (χ0n) is 10.4. The second kappa shape index (κ2) is 5.95. The molecule has 1 heterocycles. The van der Waals surface area contributed by atoms with Crippen LogP contribution >= 0.6 is 0 Å². The van der Waals surface area contributed by atoms with Gasteiger partial charge in [-0.1, -0.05) is 12.1 Å². The molecule has 2 aromatic rings. The fourth-order valence-corrected chi connectivity index (χ4v) is 1.60. The van der Waals surface area contributed by atoms with E-state index in [1.54, 1.807) is 24.3 Å². The normalized spacial score (nSPS) is 10.0. The van der Waals surface area contributed by atoms with Crippen molar-refractivity contribution < 1.29 is 13.9 Å². The third-order valence-electron chi connectivity index (χ3n) is 2.44. The molecule has 1 aromatic heterocycles. The molecule has 5 heteroatoms. The van der Waals surface area contributed by atoms with Crippen molar-refractivity contribution >= 4 is 11.6 Å². The summed E-state index contributed by atoms with van der Waals surface area (Å²) in [4.78, 5) is 15.4. The zero-order valence-corrected chi connectivity index (χ0v) is 10.4. The minimum absolute atomic E-state index is 0.103. The summed E-state index contributed by atoms with van der Waals surface area (Å²) in [6.45, 7) is 2.33. The highest BCUT2D eigenvalue weighted by Crippen LogP contribution is 2.24. The standard InChI is InChI=1S/C14H13FN2O2/c1-2-19-12-8-4-3-7-11(12)17-14(18)10-6-5-9-16-13(10)15/h3-9H,2H2,1H3,(H,17,18). The van der Waals surface area contributed by atoms with Crippen LogP contribution in [0.15, 0.2) is 42.6 Å². The fraction of sp³-hybridized carbons (Fsp3) is 0.143. The van der Waals surface area contributed by atoms with Gasteiger partial charge in [-0.05, 0) is 31.2 Å². The molecule has 0 aliphatic rings. The summed E-state index contributed by atoms with van der Waals surface area (Å²) in [7, 11) is 0. The van der Waals surface area contributed by atoms with Crippen LogP contribution in [0.1, 0.15) is 17.3 Å². The highest BCUT2D eigenvalue weighted by atomic mass is 19.1. The number of pyridine rings is 1. The van der Waals surface area contributed by atoms with Crippen molar-refractivity contribution in [1.29, 1.82) is 0 Å². The van der Waals surface area contributed by atoms with Crippen molar-refractivity contribution in [2.24, 2.45) is 0 Å². The van der Waals surface area contributed by atoms with Crippen molar-refractivity contribution in [1.82, 2.24) is 4.98 Å². The average molecular weight is 260 g/mol. The molecule has 0 spiro atoms. The molecule has 0 bridgehead atoms. The highest BCUT2D eigenvalue weighted by Gasteiger charge is 2.13. The lowest BCUT2D eigenvalue weighted by Crippen LogP contribution is -2.15. The van der Waals surface area contributed by atoms with Crippen LogP contribution in [0, 0.1) is 5.95 Å². The Kier molecular flexibility index (Phi) is 4.07. The van der Waals surface area contributed by atoms with Crippen LogP contribution in [0.5, 0.6) is 5.75 Å². The summed E-state index contributed by atoms with van der Waals surface area (Å²) >= 11 is 0. The molecule has 0 saturated heterocycles. The molecule has 0 aliphatic heterocycles. The Morgan fingerprint density at radius 1 is 1.32 bits per heavy atom. The lowest BCUT2D eigenvalue weighted by Gasteiger charge is -2.11. The van der Waals surface area contributed by atoms with E-state index in [9.17, 15) is 9.18 Å². The molecule has 0 aliphatic carbocycles. The maximum Gasteiger partial charge on any atom is 0.260 e. The van der Waals surface area contributed by atoms with Gasteiger partial charge in [0, 0.05) is 6.20 Å². The molecule has 98 valence electrons. The number of halogens is 1. The van der Waals surface area contributed by atoms with E-state index >= 15 is 0 Å². The Labute approximate surface area is 110 Å². The molecule has 1 N–H and O–H groups in total. The Morgan fingerprint density at radius 2 is 2.11 bits per heavy atom. The van der Waals surface area contributed by atoms with Crippen LogP contribution in [0.3, 0.4) is 0 Å². The van der Waals surface area contributed by atoms with Gasteiger partial charge in [-0.3, -0.25) is 4.79 Å². The number of hydrogen-bond acceptors (Lipinski definition) is 3. The van der Waals surface area contributed by atoms with E-state index in [0.717, 1.165) is 0 Å². The van der Waals surface area contributed by atoms with Gasteiger partial charge in [-0.25, -0.2) is 4.98 Å². The molecular formula is C14H13FN2O2. The van der Waals surface area contributed by atoms with Gasteiger partial charge in [0.15, 0.2) is 0 Å². The van der Waals surface area contributed by atoms with Gasteiger partial charge >= 0.3 is 0 Å². The number of carbonyl (C=O) groups excluding carboxylic acids is 1. The number of hydrogen-bond donors (Lipinski definition) is 1. The quantitative estimate of drug-likeness (QED) is 0.860. The largest absolute Gasteiger partial charge is 0.492 e. The summed E-state index contributed by atoms with van der Waals surface area (Å²) in [5.74, 6) is -0.811. The van der Waals surface area contributed by atoms with Gasteiger partial charge in [0.1, 0.15) is 5.75 Å². The number of anilines is 1. The number of ether oxygens (including phenoxy) is 1. The van der Waals surface area contributed by atoms with E-state index < -0.39 is 11.9 Å². The smallest absolute Gasteiger partial charge is 0.260 e. The van der Waals surface area contributed by atoms with E-state index in [1.165, 1.54) is 18.3 Å². The molecule has 0 fully saturated rings. The van der Waals surface area contributed by atoms with E-state index in [4.69, 9.17) is 4.74 Å². The first-order valence-corrected chi connectivity index (χ1v) is 5.86. The highest BCUT2D eigenvalue weighted by molar-refractivity contribution is 6.04. The Bertz CT molecular complexity index is 587. The number of benzene rings is 1. The maximum atomic E-state index is 13.4. The van der Waals surface area contributed by atoms with Gasteiger partial charge in [0.25, 0.3) is 5.91 Å². The number of amides is 1. The third kappa shape index (κ3) is 3.07. The summed E-state index contributed by atoms with van der Waals surface area (Å²) in [6, 6.07) is 9.87. The molecule has 2 rings (SSSR count). The first kappa shape index (κ1) is 13.0. The monoisotopic (exact) mass is 260 g/mol. The number of carbonyl (C=O) groups is 1. The number of nitrogens with zero attached hydrogens (tertiary/aromatic N) is 1. The SMILES string of the molecule is CCOc1ccccc1NC(=O)c1cccnc1F.